The number of sulfonamides is 1. The van der Waals surface area contributed by atoms with E-state index in [-0.39, 0.29) is 14.8 Å². The molecule has 0 amide bonds. The molecule has 0 atom stereocenters. The van der Waals surface area contributed by atoms with Gasteiger partial charge in [0, 0.05) is 6.26 Å². The molecule has 1 aromatic carbocycles. The molecule has 20 heavy (non-hydrogen) atoms. The van der Waals surface area contributed by atoms with Crippen LogP contribution in [0.25, 0.3) is 0 Å². The topological polar surface area (TPSA) is 89.5 Å². The van der Waals surface area contributed by atoms with Gasteiger partial charge in [-0.3, -0.25) is 4.84 Å². The molecule has 0 radical (unpaired) electrons. The standard InChI is InChI=1S/C11H16ClNO5S2/c1-11(2,3)18-13-20(16,17)10-7-8(19(4,14)15)5-6-9(10)12/h5-7,13H,1-4H3. The molecule has 0 aromatic heterocycles. The monoisotopic (exact) mass is 341 g/mol. The van der Waals surface area contributed by atoms with Gasteiger partial charge in [0.2, 0.25) is 0 Å². The maximum absolute atomic E-state index is 12.1. The highest BCUT2D eigenvalue weighted by Crippen LogP contribution is 2.25. The molecule has 0 spiro atoms. The molecule has 0 heterocycles. The van der Waals surface area contributed by atoms with E-state index < -0.39 is 25.5 Å². The van der Waals surface area contributed by atoms with Crippen LogP contribution in [0.4, 0.5) is 0 Å². The van der Waals surface area contributed by atoms with Gasteiger partial charge in [-0.25, -0.2) is 16.8 Å². The highest BCUT2D eigenvalue weighted by Gasteiger charge is 2.23. The minimum Gasteiger partial charge on any atom is -0.281 e. The van der Waals surface area contributed by atoms with Crippen LogP contribution in [0.2, 0.25) is 5.02 Å². The Balaban J connectivity index is 3.25. The first-order valence-electron chi connectivity index (χ1n) is 5.52. The van der Waals surface area contributed by atoms with Crippen LogP contribution in [-0.2, 0) is 24.7 Å². The summed E-state index contributed by atoms with van der Waals surface area (Å²) in [7, 11) is -7.61. The predicted molar refractivity (Wildman–Crippen MR) is 75.7 cm³/mol. The van der Waals surface area contributed by atoms with Gasteiger partial charge in [0.05, 0.1) is 15.5 Å². The SMILES string of the molecule is CC(C)(C)ONS(=O)(=O)c1cc(S(C)(=O)=O)ccc1Cl. The lowest BCUT2D eigenvalue weighted by molar-refractivity contribution is -0.0357. The molecule has 0 aliphatic carbocycles. The fraction of sp³-hybridized carbons (Fsp3) is 0.455. The van der Waals surface area contributed by atoms with E-state index >= 15 is 0 Å². The Hall–Kier alpha value is -0.670. The third-order valence-corrected chi connectivity index (χ3v) is 4.85. The lowest BCUT2D eigenvalue weighted by atomic mass is 10.2. The second-order valence-electron chi connectivity index (χ2n) is 5.17. The van der Waals surface area contributed by atoms with Gasteiger partial charge in [-0.05, 0) is 39.0 Å². The summed E-state index contributed by atoms with van der Waals surface area (Å²) in [5.74, 6) is 0. The third kappa shape index (κ3) is 4.71. The van der Waals surface area contributed by atoms with Gasteiger partial charge >= 0.3 is 0 Å². The Morgan fingerprint density at radius 3 is 2.15 bits per heavy atom. The molecule has 0 unspecified atom stereocenters. The van der Waals surface area contributed by atoms with Gasteiger partial charge in [0.1, 0.15) is 4.90 Å². The molecular weight excluding hydrogens is 326 g/mol. The minimum absolute atomic E-state index is 0.0950. The molecule has 1 rings (SSSR count). The molecule has 0 saturated carbocycles. The Kier molecular flexibility index (Phi) is 4.87. The van der Waals surface area contributed by atoms with Crippen LogP contribution in [0.3, 0.4) is 0 Å². The first-order valence-corrected chi connectivity index (χ1v) is 9.28. The van der Waals surface area contributed by atoms with Crippen molar-refractivity contribution in [3.63, 3.8) is 0 Å². The molecule has 6 nitrogen and oxygen atoms in total. The largest absolute Gasteiger partial charge is 0.281 e. The van der Waals surface area contributed by atoms with E-state index in [1.807, 2.05) is 4.89 Å². The number of hydrogen-bond acceptors (Lipinski definition) is 5. The second kappa shape index (κ2) is 5.61. The number of benzene rings is 1. The molecule has 114 valence electrons. The molecule has 0 fully saturated rings. The Morgan fingerprint density at radius 1 is 1.15 bits per heavy atom. The van der Waals surface area contributed by atoms with Crippen molar-refractivity contribution in [3.05, 3.63) is 23.2 Å². The summed E-state index contributed by atoms with van der Waals surface area (Å²) in [4.78, 5) is 6.41. The van der Waals surface area contributed by atoms with Crippen LogP contribution in [-0.4, -0.2) is 28.7 Å². The summed E-state index contributed by atoms with van der Waals surface area (Å²) in [6.07, 6.45) is 0.978. The summed E-state index contributed by atoms with van der Waals surface area (Å²) in [6, 6.07) is 3.44. The van der Waals surface area contributed by atoms with Crippen molar-refractivity contribution in [1.29, 1.82) is 0 Å². The summed E-state index contributed by atoms with van der Waals surface area (Å²) in [5, 5.41) is -0.0950. The van der Waals surface area contributed by atoms with Crippen LogP contribution in [0.15, 0.2) is 28.0 Å². The number of halogens is 1. The molecule has 1 N–H and O–H groups in total. The summed E-state index contributed by atoms with van der Waals surface area (Å²) in [6.45, 7) is 4.97. The molecule has 1 aromatic rings. The molecule has 0 bridgehead atoms. The van der Waals surface area contributed by atoms with Crippen LogP contribution < -0.4 is 4.89 Å². The zero-order valence-corrected chi connectivity index (χ0v) is 13.9. The fourth-order valence-electron chi connectivity index (χ4n) is 1.15. The fourth-order valence-corrected chi connectivity index (χ4v) is 3.35. The molecule has 9 heteroatoms. The van der Waals surface area contributed by atoms with Crippen molar-refractivity contribution in [3.8, 4) is 0 Å². The number of sulfone groups is 1. The van der Waals surface area contributed by atoms with E-state index in [4.69, 9.17) is 16.4 Å². The maximum Gasteiger partial charge on any atom is 0.264 e. The first kappa shape index (κ1) is 17.4. The zero-order valence-electron chi connectivity index (χ0n) is 11.5. The van der Waals surface area contributed by atoms with E-state index in [0.717, 1.165) is 12.3 Å². The lowest BCUT2D eigenvalue weighted by Gasteiger charge is -2.19. The average molecular weight is 342 g/mol. The van der Waals surface area contributed by atoms with Crippen molar-refractivity contribution in [1.82, 2.24) is 4.89 Å². The van der Waals surface area contributed by atoms with Gasteiger partial charge in [-0.1, -0.05) is 16.5 Å². The van der Waals surface area contributed by atoms with E-state index in [1.165, 1.54) is 12.1 Å². The van der Waals surface area contributed by atoms with Crippen molar-refractivity contribution in [2.24, 2.45) is 0 Å². The Morgan fingerprint density at radius 2 is 1.70 bits per heavy atom. The maximum atomic E-state index is 12.1. The molecule has 0 aliphatic rings. The summed E-state index contributed by atoms with van der Waals surface area (Å²) in [5.41, 5.74) is -0.742. The van der Waals surface area contributed by atoms with Gasteiger partial charge in [-0.15, -0.1) is 0 Å². The van der Waals surface area contributed by atoms with Crippen molar-refractivity contribution in [2.45, 2.75) is 36.2 Å². The zero-order chi connectivity index (χ0) is 15.8. The van der Waals surface area contributed by atoms with Crippen LogP contribution >= 0.6 is 11.6 Å². The van der Waals surface area contributed by atoms with Crippen LogP contribution in [0, 0.1) is 0 Å². The minimum atomic E-state index is -4.08. The van der Waals surface area contributed by atoms with Crippen molar-refractivity contribution < 1.29 is 21.7 Å². The number of nitrogens with one attached hydrogen (secondary N) is 1. The van der Waals surface area contributed by atoms with Gasteiger partial charge in [0.15, 0.2) is 9.84 Å². The Labute approximate surface area is 124 Å². The second-order valence-corrected chi connectivity index (χ2v) is 9.20. The third-order valence-electron chi connectivity index (χ3n) is 2.08. The van der Waals surface area contributed by atoms with Crippen LogP contribution in [0.1, 0.15) is 20.8 Å². The van der Waals surface area contributed by atoms with Crippen LogP contribution in [0.5, 0.6) is 0 Å². The van der Waals surface area contributed by atoms with E-state index in [9.17, 15) is 16.8 Å². The number of hydrogen-bond donors (Lipinski definition) is 1. The normalized spacial score (nSPS) is 13.4. The molecule has 0 saturated heterocycles. The molecular formula is C11H16ClNO5S2. The van der Waals surface area contributed by atoms with E-state index in [2.05, 4.69) is 0 Å². The first-order chi connectivity index (χ1) is 8.83. The van der Waals surface area contributed by atoms with Gasteiger partial charge in [-0.2, -0.15) is 0 Å². The predicted octanol–water partition coefficient (Wildman–Crippen LogP) is 1.75. The summed E-state index contributed by atoms with van der Waals surface area (Å²) >= 11 is 5.81. The van der Waals surface area contributed by atoms with Gasteiger partial charge in [0.25, 0.3) is 10.0 Å². The highest BCUT2D eigenvalue weighted by atomic mass is 35.5. The Bertz CT molecular complexity index is 705. The van der Waals surface area contributed by atoms with Gasteiger partial charge < -0.3 is 0 Å². The van der Waals surface area contributed by atoms with E-state index in [0.29, 0.717) is 0 Å². The highest BCUT2D eigenvalue weighted by molar-refractivity contribution is 7.91. The summed E-state index contributed by atoms with van der Waals surface area (Å²) < 4.78 is 47.0. The van der Waals surface area contributed by atoms with E-state index in [1.54, 1.807) is 20.8 Å². The van der Waals surface area contributed by atoms with Crippen molar-refractivity contribution in [2.75, 3.05) is 6.26 Å². The quantitative estimate of drug-likeness (QED) is 0.843. The smallest absolute Gasteiger partial charge is 0.264 e. The number of rotatable bonds is 4. The average Bonchev–Trinajstić information content (AvgIpc) is 2.24. The lowest BCUT2D eigenvalue weighted by Crippen LogP contribution is -2.33. The van der Waals surface area contributed by atoms with Crippen molar-refractivity contribution >= 4 is 31.5 Å². The molecule has 0 aliphatic heterocycles.